The van der Waals surface area contributed by atoms with Crippen molar-refractivity contribution >= 4 is 29.3 Å². The number of aryl methyl sites for hydroxylation is 1. The Hall–Kier alpha value is -4.04. The van der Waals surface area contributed by atoms with Crippen molar-refractivity contribution in [1.29, 1.82) is 0 Å². The molecule has 2 aliphatic heterocycles. The molecule has 8 nitrogen and oxygen atoms in total. The van der Waals surface area contributed by atoms with E-state index in [9.17, 15) is 19.2 Å². The fourth-order valence-corrected chi connectivity index (χ4v) is 4.84. The molecule has 1 saturated heterocycles. The molecule has 8 heteroatoms. The lowest BCUT2D eigenvalue weighted by Gasteiger charge is -2.15. The summed E-state index contributed by atoms with van der Waals surface area (Å²) < 4.78 is 13.1. The van der Waals surface area contributed by atoms with E-state index < -0.39 is 24.4 Å². The van der Waals surface area contributed by atoms with Crippen molar-refractivity contribution in [3.63, 3.8) is 0 Å². The summed E-state index contributed by atoms with van der Waals surface area (Å²) in [5, 5.41) is 0. The lowest BCUT2D eigenvalue weighted by molar-refractivity contribution is 0.0474. The van der Waals surface area contributed by atoms with Gasteiger partial charge in [0.15, 0.2) is 6.61 Å². The third-order valence-electron chi connectivity index (χ3n) is 6.75. The van der Waals surface area contributed by atoms with Gasteiger partial charge in [-0.3, -0.25) is 14.4 Å². The number of ketones is 1. The van der Waals surface area contributed by atoms with E-state index >= 15 is 0 Å². The van der Waals surface area contributed by atoms with Gasteiger partial charge in [-0.1, -0.05) is 18.2 Å². The Morgan fingerprint density at radius 3 is 2.39 bits per heavy atom. The van der Waals surface area contributed by atoms with Crippen molar-refractivity contribution in [3.05, 3.63) is 88.2 Å². The number of anilines is 1. The lowest BCUT2D eigenvalue weighted by Crippen LogP contribution is -2.29. The van der Waals surface area contributed by atoms with Gasteiger partial charge in [-0.25, -0.2) is 9.69 Å². The summed E-state index contributed by atoms with van der Waals surface area (Å²) in [7, 11) is 0. The molecule has 3 heterocycles. The Kier molecular flexibility index (Phi) is 6.28. The Labute approximate surface area is 208 Å². The number of ether oxygens (including phenoxy) is 2. The second-order valence-corrected chi connectivity index (χ2v) is 9.07. The molecule has 3 aromatic rings. The van der Waals surface area contributed by atoms with Gasteiger partial charge in [0.25, 0.3) is 11.8 Å². The molecule has 36 heavy (non-hydrogen) atoms. The predicted molar refractivity (Wildman–Crippen MR) is 132 cm³/mol. The summed E-state index contributed by atoms with van der Waals surface area (Å²) in [6.07, 6.45) is 2.18. The summed E-state index contributed by atoms with van der Waals surface area (Å²) in [4.78, 5) is 52.2. The normalized spacial score (nSPS) is 16.9. The number of nitrogens with zero attached hydrogens (tertiary/aromatic N) is 2. The molecule has 1 aromatic heterocycles. The minimum absolute atomic E-state index is 0.140. The van der Waals surface area contributed by atoms with Crippen LogP contribution in [-0.2, 0) is 16.0 Å². The number of hydrogen-bond acceptors (Lipinski definition) is 6. The molecule has 0 unspecified atom stereocenters. The summed E-state index contributed by atoms with van der Waals surface area (Å²) in [6.45, 7) is 4.85. The maximum atomic E-state index is 12.9. The van der Waals surface area contributed by atoms with Gasteiger partial charge in [0.05, 0.1) is 28.5 Å². The number of amides is 2. The van der Waals surface area contributed by atoms with E-state index in [1.165, 1.54) is 12.1 Å². The molecule has 0 N–H and O–H groups in total. The van der Waals surface area contributed by atoms with Crippen LogP contribution in [-0.4, -0.2) is 47.5 Å². The van der Waals surface area contributed by atoms with Crippen LogP contribution in [0.1, 0.15) is 65.7 Å². The van der Waals surface area contributed by atoms with Crippen LogP contribution < -0.4 is 4.90 Å². The monoisotopic (exact) mass is 486 g/mol. The number of hydrogen-bond donors (Lipinski definition) is 0. The van der Waals surface area contributed by atoms with Crippen LogP contribution in [0.2, 0.25) is 0 Å². The molecule has 0 spiro atoms. The molecular weight excluding hydrogens is 460 g/mol. The number of aromatic nitrogens is 1. The number of benzene rings is 2. The van der Waals surface area contributed by atoms with Gasteiger partial charge in [-0.05, 0) is 63.1 Å². The van der Waals surface area contributed by atoms with Gasteiger partial charge in [-0.2, -0.15) is 0 Å². The molecule has 2 amide bonds. The number of fused-ring (bicyclic) bond motifs is 1. The first-order valence-electron chi connectivity index (χ1n) is 11.9. The summed E-state index contributed by atoms with van der Waals surface area (Å²) >= 11 is 0. The lowest BCUT2D eigenvalue weighted by atomic mass is 10.1. The second-order valence-electron chi connectivity index (χ2n) is 9.07. The SMILES string of the molecule is Cc1cc(C(=O)COC(=O)c2cccc(N3C(=O)c4ccccc4C3=O)c2)c(C)n1C[C@H]1CCCO1. The fraction of sp³-hybridized carbons (Fsp3) is 0.286. The van der Waals surface area contributed by atoms with Crippen LogP contribution in [0.3, 0.4) is 0 Å². The Morgan fingerprint density at radius 1 is 1.00 bits per heavy atom. The Morgan fingerprint density at radius 2 is 1.72 bits per heavy atom. The first-order chi connectivity index (χ1) is 17.3. The summed E-state index contributed by atoms with van der Waals surface area (Å²) in [5.41, 5.74) is 3.32. The van der Waals surface area contributed by atoms with Gasteiger partial charge in [0, 0.05) is 30.1 Å². The van der Waals surface area contributed by atoms with Gasteiger partial charge in [-0.15, -0.1) is 0 Å². The maximum absolute atomic E-state index is 12.9. The zero-order valence-electron chi connectivity index (χ0n) is 20.2. The Bertz CT molecular complexity index is 1350. The van der Waals surface area contributed by atoms with Crippen molar-refractivity contribution in [2.75, 3.05) is 18.1 Å². The van der Waals surface area contributed by atoms with E-state index in [0.29, 0.717) is 23.2 Å². The van der Waals surface area contributed by atoms with Gasteiger partial charge >= 0.3 is 5.97 Å². The number of rotatable bonds is 7. The zero-order valence-corrected chi connectivity index (χ0v) is 20.2. The largest absolute Gasteiger partial charge is 0.454 e. The van der Waals surface area contributed by atoms with E-state index in [1.54, 1.807) is 36.4 Å². The molecule has 0 bridgehead atoms. The van der Waals surface area contributed by atoms with Crippen LogP contribution in [0.15, 0.2) is 54.6 Å². The number of Topliss-reactive ketones (excluding diaryl/α,β-unsaturated/α-hetero) is 1. The van der Waals surface area contributed by atoms with Gasteiger partial charge in [0.2, 0.25) is 5.78 Å². The average Bonchev–Trinajstić information content (AvgIpc) is 3.57. The van der Waals surface area contributed by atoms with Gasteiger partial charge in [0.1, 0.15) is 0 Å². The summed E-state index contributed by atoms with van der Waals surface area (Å²) in [5.74, 6) is -1.91. The molecule has 1 fully saturated rings. The third kappa shape index (κ3) is 4.24. The van der Waals surface area contributed by atoms with E-state index in [2.05, 4.69) is 4.57 Å². The highest BCUT2D eigenvalue weighted by Gasteiger charge is 2.36. The molecule has 0 aliphatic carbocycles. The van der Waals surface area contributed by atoms with Crippen molar-refractivity contribution in [3.8, 4) is 0 Å². The van der Waals surface area contributed by atoms with Crippen LogP contribution in [0.4, 0.5) is 5.69 Å². The van der Waals surface area contributed by atoms with Crippen LogP contribution in [0, 0.1) is 13.8 Å². The fourth-order valence-electron chi connectivity index (χ4n) is 4.84. The van der Waals surface area contributed by atoms with Crippen molar-refractivity contribution in [1.82, 2.24) is 4.57 Å². The molecule has 0 saturated carbocycles. The first kappa shape index (κ1) is 23.7. The molecule has 0 radical (unpaired) electrons. The van der Waals surface area contributed by atoms with E-state index in [0.717, 1.165) is 35.7 Å². The number of carbonyl (C=O) groups excluding carboxylic acids is 4. The highest BCUT2D eigenvalue weighted by molar-refractivity contribution is 6.34. The molecule has 2 aliphatic rings. The minimum atomic E-state index is -0.713. The standard InChI is InChI=1S/C28H26N2O6/c1-17-13-24(18(2)29(17)15-21-9-6-12-35-21)25(31)16-36-28(34)19-7-5-8-20(14-19)30-26(32)22-10-3-4-11-23(22)27(30)33/h3-5,7-8,10-11,13-14,21H,6,9,12,15-16H2,1-2H3/t21-/m1/s1. The van der Waals surface area contributed by atoms with Gasteiger partial charge < -0.3 is 14.0 Å². The van der Waals surface area contributed by atoms with Crippen LogP contribution in [0.25, 0.3) is 0 Å². The smallest absolute Gasteiger partial charge is 0.338 e. The highest BCUT2D eigenvalue weighted by Crippen LogP contribution is 2.29. The number of esters is 1. The third-order valence-corrected chi connectivity index (χ3v) is 6.75. The molecule has 2 aromatic carbocycles. The maximum Gasteiger partial charge on any atom is 0.338 e. The number of imide groups is 1. The van der Waals surface area contributed by atoms with Crippen LogP contribution in [0.5, 0.6) is 0 Å². The number of carbonyl (C=O) groups is 4. The first-order valence-corrected chi connectivity index (χ1v) is 11.9. The van der Waals surface area contributed by atoms with Crippen molar-refractivity contribution in [2.24, 2.45) is 0 Å². The molecule has 5 rings (SSSR count). The molecule has 184 valence electrons. The minimum Gasteiger partial charge on any atom is -0.454 e. The molecule has 1 atom stereocenters. The second kappa shape index (κ2) is 9.54. The quantitative estimate of drug-likeness (QED) is 0.283. The average molecular weight is 487 g/mol. The van der Waals surface area contributed by atoms with E-state index in [-0.39, 0.29) is 23.1 Å². The zero-order chi connectivity index (χ0) is 25.4. The van der Waals surface area contributed by atoms with Crippen molar-refractivity contribution in [2.45, 2.75) is 39.3 Å². The summed E-state index contributed by atoms with van der Waals surface area (Å²) in [6, 6.07) is 14.5. The van der Waals surface area contributed by atoms with E-state index in [1.807, 2.05) is 19.9 Å². The van der Waals surface area contributed by atoms with Crippen molar-refractivity contribution < 1.29 is 28.7 Å². The van der Waals surface area contributed by atoms with Crippen LogP contribution >= 0.6 is 0 Å². The molecular formula is C28H26N2O6. The Balaban J connectivity index is 1.27. The highest BCUT2D eigenvalue weighted by atomic mass is 16.5. The van der Waals surface area contributed by atoms with E-state index in [4.69, 9.17) is 9.47 Å². The predicted octanol–water partition coefficient (Wildman–Crippen LogP) is 4.12. The topological polar surface area (TPSA) is 94.9 Å².